The number of nitrogens with one attached hydrogen (secondary N) is 1. The van der Waals surface area contributed by atoms with Crippen molar-refractivity contribution in [3.05, 3.63) is 35.6 Å². The molecular weight excluding hydrogens is 202 g/mol. The third-order valence-electron chi connectivity index (χ3n) is 3.12. The Morgan fingerprint density at radius 3 is 2.94 bits per heavy atom. The van der Waals surface area contributed by atoms with Crippen LogP contribution in [-0.2, 0) is 0 Å². The van der Waals surface area contributed by atoms with Crippen molar-refractivity contribution in [3.63, 3.8) is 0 Å². The number of amides is 1. The maximum absolute atomic E-state index is 11.6. The molecule has 0 aliphatic heterocycles. The summed E-state index contributed by atoms with van der Waals surface area (Å²) >= 11 is 0. The molecule has 0 unspecified atom stereocenters. The lowest BCUT2D eigenvalue weighted by Gasteiger charge is -1.99. The van der Waals surface area contributed by atoms with Crippen LogP contribution in [0.3, 0.4) is 0 Å². The van der Waals surface area contributed by atoms with E-state index in [2.05, 4.69) is 17.4 Å². The summed E-state index contributed by atoms with van der Waals surface area (Å²) in [5.74, 6) is 0.600. The highest BCUT2D eigenvalue weighted by atomic mass is 16.3. The molecule has 1 heterocycles. The predicted octanol–water partition coefficient (Wildman–Crippen LogP) is 2.67. The fraction of sp³-hybridized carbons (Fsp3) is 0.308. The average molecular weight is 215 g/mol. The maximum Gasteiger partial charge on any atom is 0.254 e. The van der Waals surface area contributed by atoms with Gasteiger partial charge in [0.25, 0.3) is 5.91 Å². The number of carbonyl (C=O) groups is 1. The molecule has 3 nitrogen and oxygen atoms in total. The molecule has 1 aromatic heterocycles. The van der Waals surface area contributed by atoms with Crippen molar-refractivity contribution in [2.75, 3.05) is 7.05 Å². The molecule has 0 saturated heterocycles. The normalized spacial score (nSPS) is 15.3. The largest absolute Gasteiger partial charge is 0.463 e. The molecule has 3 rings (SSSR count). The summed E-state index contributed by atoms with van der Waals surface area (Å²) in [6.45, 7) is 0. The Bertz CT molecular complexity index is 552. The minimum Gasteiger partial charge on any atom is -0.463 e. The van der Waals surface area contributed by atoms with E-state index in [1.54, 1.807) is 7.05 Å². The molecule has 1 N–H and O–H groups in total. The maximum atomic E-state index is 11.6. The summed E-state index contributed by atoms with van der Waals surface area (Å²) in [5, 5.41) is 3.55. The summed E-state index contributed by atoms with van der Waals surface area (Å²) in [7, 11) is 1.63. The monoisotopic (exact) mass is 215 g/mol. The Kier molecular flexibility index (Phi) is 1.99. The molecule has 0 atom stereocenters. The standard InChI is InChI=1S/C13H13NO2/c1-14-13(15)11-7-16-12-5-4-9(6-10(11)12)8-2-3-8/h4-8H,2-3H2,1H3,(H,14,15). The van der Waals surface area contributed by atoms with Crippen LogP contribution in [0, 0.1) is 0 Å². The molecule has 3 heteroatoms. The van der Waals surface area contributed by atoms with E-state index in [9.17, 15) is 4.79 Å². The molecule has 1 aromatic carbocycles. The van der Waals surface area contributed by atoms with Crippen LogP contribution in [0.5, 0.6) is 0 Å². The van der Waals surface area contributed by atoms with Crippen LogP contribution in [0.2, 0.25) is 0 Å². The SMILES string of the molecule is CNC(=O)c1coc2ccc(C3CC3)cc12. The van der Waals surface area contributed by atoms with Gasteiger partial charge in [-0.1, -0.05) is 6.07 Å². The first-order valence-corrected chi connectivity index (χ1v) is 5.53. The zero-order chi connectivity index (χ0) is 11.1. The van der Waals surface area contributed by atoms with E-state index in [1.807, 2.05) is 6.07 Å². The first-order valence-electron chi connectivity index (χ1n) is 5.53. The number of furan rings is 1. The Labute approximate surface area is 93.4 Å². The van der Waals surface area contributed by atoms with Crippen molar-refractivity contribution in [1.29, 1.82) is 0 Å². The molecule has 16 heavy (non-hydrogen) atoms. The van der Waals surface area contributed by atoms with E-state index < -0.39 is 0 Å². The zero-order valence-corrected chi connectivity index (χ0v) is 9.12. The number of fused-ring (bicyclic) bond motifs is 1. The minimum atomic E-state index is -0.0910. The third kappa shape index (κ3) is 1.40. The van der Waals surface area contributed by atoms with Crippen LogP contribution in [0.25, 0.3) is 11.0 Å². The smallest absolute Gasteiger partial charge is 0.254 e. The molecule has 2 aromatic rings. The second kappa shape index (κ2) is 3.37. The van der Waals surface area contributed by atoms with Crippen molar-refractivity contribution in [1.82, 2.24) is 5.32 Å². The van der Waals surface area contributed by atoms with Gasteiger partial charge in [0.05, 0.1) is 5.56 Å². The molecule has 0 bridgehead atoms. The van der Waals surface area contributed by atoms with E-state index in [0.29, 0.717) is 11.5 Å². The molecule has 0 radical (unpaired) electrons. The van der Waals surface area contributed by atoms with Gasteiger partial charge in [0, 0.05) is 12.4 Å². The van der Waals surface area contributed by atoms with Crippen LogP contribution in [0.15, 0.2) is 28.9 Å². The summed E-state index contributed by atoms with van der Waals surface area (Å²) in [6, 6.07) is 6.13. The lowest BCUT2D eigenvalue weighted by molar-refractivity contribution is 0.0964. The molecule has 1 aliphatic carbocycles. The highest BCUT2D eigenvalue weighted by Crippen LogP contribution is 2.41. The van der Waals surface area contributed by atoms with Crippen LogP contribution in [0.4, 0.5) is 0 Å². The Morgan fingerprint density at radius 1 is 1.44 bits per heavy atom. The second-order valence-corrected chi connectivity index (χ2v) is 4.26. The van der Waals surface area contributed by atoms with Crippen molar-refractivity contribution >= 4 is 16.9 Å². The van der Waals surface area contributed by atoms with Gasteiger partial charge in [-0.3, -0.25) is 4.79 Å². The van der Waals surface area contributed by atoms with Gasteiger partial charge >= 0.3 is 0 Å². The number of carbonyl (C=O) groups excluding carboxylic acids is 1. The number of benzene rings is 1. The quantitative estimate of drug-likeness (QED) is 0.836. The van der Waals surface area contributed by atoms with Crippen molar-refractivity contribution in [2.45, 2.75) is 18.8 Å². The third-order valence-corrected chi connectivity index (χ3v) is 3.12. The minimum absolute atomic E-state index is 0.0910. The van der Waals surface area contributed by atoms with Gasteiger partial charge in [0.15, 0.2) is 0 Å². The summed E-state index contributed by atoms with van der Waals surface area (Å²) in [4.78, 5) is 11.6. The number of hydrogen-bond donors (Lipinski definition) is 1. The van der Waals surface area contributed by atoms with E-state index in [0.717, 1.165) is 11.0 Å². The Hall–Kier alpha value is -1.77. The molecule has 1 fully saturated rings. The number of rotatable bonds is 2. The van der Waals surface area contributed by atoms with Gasteiger partial charge in [-0.2, -0.15) is 0 Å². The first kappa shape index (κ1) is 9.46. The lowest BCUT2D eigenvalue weighted by atomic mass is 10.1. The van der Waals surface area contributed by atoms with Crippen LogP contribution >= 0.6 is 0 Å². The van der Waals surface area contributed by atoms with Gasteiger partial charge in [-0.15, -0.1) is 0 Å². The van der Waals surface area contributed by atoms with Crippen LogP contribution in [0.1, 0.15) is 34.7 Å². The summed E-state index contributed by atoms with van der Waals surface area (Å²) in [6.07, 6.45) is 4.05. The van der Waals surface area contributed by atoms with Gasteiger partial charge in [-0.25, -0.2) is 0 Å². The average Bonchev–Trinajstić information content (AvgIpc) is 3.08. The summed E-state index contributed by atoms with van der Waals surface area (Å²) < 4.78 is 5.37. The highest BCUT2D eigenvalue weighted by Gasteiger charge is 2.24. The first-order chi connectivity index (χ1) is 7.79. The predicted molar refractivity (Wildman–Crippen MR) is 61.6 cm³/mol. The van der Waals surface area contributed by atoms with Crippen LogP contribution in [-0.4, -0.2) is 13.0 Å². The number of hydrogen-bond acceptors (Lipinski definition) is 2. The fourth-order valence-corrected chi connectivity index (χ4v) is 2.03. The summed E-state index contributed by atoms with van der Waals surface area (Å²) in [5.41, 5.74) is 2.72. The van der Waals surface area contributed by atoms with E-state index in [4.69, 9.17) is 4.42 Å². The molecule has 1 aliphatic rings. The van der Waals surface area contributed by atoms with Gasteiger partial charge in [-0.05, 0) is 36.5 Å². The van der Waals surface area contributed by atoms with Gasteiger partial charge in [0.1, 0.15) is 11.8 Å². The van der Waals surface area contributed by atoms with Gasteiger partial charge < -0.3 is 9.73 Å². The lowest BCUT2D eigenvalue weighted by Crippen LogP contribution is -2.17. The molecule has 82 valence electrons. The fourth-order valence-electron chi connectivity index (χ4n) is 2.03. The second-order valence-electron chi connectivity index (χ2n) is 4.26. The Morgan fingerprint density at radius 2 is 2.25 bits per heavy atom. The van der Waals surface area contributed by atoms with Crippen molar-refractivity contribution in [2.24, 2.45) is 0 Å². The molecule has 0 spiro atoms. The van der Waals surface area contributed by atoms with E-state index >= 15 is 0 Å². The van der Waals surface area contributed by atoms with E-state index in [-0.39, 0.29) is 5.91 Å². The topological polar surface area (TPSA) is 42.2 Å². The van der Waals surface area contributed by atoms with Crippen LogP contribution < -0.4 is 5.32 Å². The van der Waals surface area contributed by atoms with E-state index in [1.165, 1.54) is 24.7 Å². The zero-order valence-electron chi connectivity index (χ0n) is 9.12. The highest BCUT2D eigenvalue weighted by molar-refractivity contribution is 6.05. The molecule has 1 amide bonds. The Balaban J connectivity index is 2.14. The van der Waals surface area contributed by atoms with Crippen molar-refractivity contribution < 1.29 is 9.21 Å². The molecular formula is C13H13NO2. The van der Waals surface area contributed by atoms with Crippen molar-refractivity contribution in [3.8, 4) is 0 Å². The molecule has 1 saturated carbocycles. The van der Waals surface area contributed by atoms with Gasteiger partial charge in [0.2, 0.25) is 0 Å².